The average Bonchev–Trinajstić information content (AvgIpc) is 2.42. The second-order valence-corrected chi connectivity index (χ2v) is 5.99. The van der Waals surface area contributed by atoms with Crippen molar-refractivity contribution >= 4 is 5.78 Å². The summed E-state index contributed by atoms with van der Waals surface area (Å²) in [6, 6.07) is 5.36. The molecule has 2 rings (SSSR count). The standard InChI is InChI=1S/C17H21F3O/c1-2-4-12-7-8-16(21)14(9-12)10-13-5-3-6-15(11-13)17(18,19)20/h3,5-6,11-12,14H,2,4,7-10H2,1H3. The minimum atomic E-state index is -4.32. The summed E-state index contributed by atoms with van der Waals surface area (Å²) in [5.74, 6) is 0.641. The zero-order chi connectivity index (χ0) is 15.5. The summed E-state index contributed by atoms with van der Waals surface area (Å²) in [6.45, 7) is 2.12. The van der Waals surface area contributed by atoms with Gasteiger partial charge in [0.2, 0.25) is 0 Å². The van der Waals surface area contributed by atoms with Crippen LogP contribution in [0.3, 0.4) is 0 Å². The Morgan fingerprint density at radius 1 is 1.29 bits per heavy atom. The van der Waals surface area contributed by atoms with Crippen molar-refractivity contribution in [3.63, 3.8) is 0 Å². The van der Waals surface area contributed by atoms with E-state index in [0.29, 0.717) is 24.3 Å². The zero-order valence-electron chi connectivity index (χ0n) is 12.2. The summed E-state index contributed by atoms with van der Waals surface area (Å²) in [7, 11) is 0. The largest absolute Gasteiger partial charge is 0.416 e. The Balaban J connectivity index is 2.07. The van der Waals surface area contributed by atoms with Gasteiger partial charge in [-0.25, -0.2) is 0 Å². The molecule has 0 bridgehead atoms. The highest BCUT2D eigenvalue weighted by molar-refractivity contribution is 5.82. The van der Waals surface area contributed by atoms with Crippen molar-refractivity contribution in [2.75, 3.05) is 0 Å². The van der Waals surface area contributed by atoms with Crippen LogP contribution in [0.4, 0.5) is 13.2 Å². The van der Waals surface area contributed by atoms with Gasteiger partial charge in [-0.15, -0.1) is 0 Å². The van der Waals surface area contributed by atoms with Gasteiger partial charge >= 0.3 is 6.18 Å². The number of carbonyl (C=O) groups is 1. The van der Waals surface area contributed by atoms with Crippen LogP contribution >= 0.6 is 0 Å². The van der Waals surface area contributed by atoms with Gasteiger partial charge in [0.25, 0.3) is 0 Å². The lowest BCUT2D eigenvalue weighted by molar-refractivity contribution is -0.137. The highest BCUT2D eigenvalue weighted by atomic mass is 19.4. The van der Waals surface area contributed by atoms with Gasteiger partial charge in [0, 0.05) is 12.3 Å². The molecule has 0 radical (unpaired) electrons. The fraction of sp³-hybridized carbons (Fsp3) is 0.588. The molecule has 4 heteroatoms. The summed E-state index contributed by atoms with van der Waals surface area (Å²) < 4.78 is 38.2. The zero-order valence-corrected chi connectivity index (χ0v) is 12.2. The third-order valence-corrected chi connectivity index (χ3v) is 4.31. The Kier molecular flexibility index (Phi) is 5.07. The second-order valence-electron chi connectivity index (χ2n) is 5.99. The number of hydrogen-bond acceptors (Lipinski definition) is 1. The molecule has 0 aliphatic heterocycles. The highest BCUT2D eigenvalue weighted by Gasteiger charge is 2.32. The van der Waals surface area contributed by atoms with Gasteiger partial charge in [-0.2, -0.15) is 13.2 Å². The number of carbonyl (C=O) groups excluding carboxylic acids is 1. The lowest BCUT2D eigenvalue weighted by atomic mass is 9.76. The number of ketones is 1. The van der Waals surface area contributed by atoms with Crippen LogP contribution in [-0.4, -0.2) is 5.78 Å². The maximum absolute atomic E-state index is 12.7. The Morgan fingerprint density at radius 2 is 2.05 bits per heavy atom. The molecule has 1 aliphatic carbocycles. The third kappa shape index (κ3) is 4.32. The molecule has 0 spiro atoms. The van der Waals surface area contributed by atoms with E-state index in [0.717, 1.165) is 31.7 Å². The predicted molar refractivity (Wildman–Crippen MR) is 75.9 cm³/mol. The van der Waals surface area contributed by atoms with E-state index in [1.807, 2.05) is 0 Å². The van der Waals surface area contributed by atoms with Gasteiger partial charge in [-0.3, -0.25) is 4.79 Å². The summed E-state index contributed by atoms with van der Waals surface area (Å²) in [5, 5.41) is 0. The van der Waals surface area contributed by atoms with E-state index in [-0.39, 0.29) is 11.7 Å². The molecular formula is C17H21F3O. The van der Waals surface area contributed by atoms with E-state index in [4.69, 9.17) is 0 Å². The van der Waals surface area contributed by atoms with Crippen molar-refractivity contribution in [2.45, 2.75) is 51.6 Å². The number of rotatable bonds is 4. The summed E-state index contributed by atoms with van der Waals surface area (Å²) in [4.78, 5) is 12.0. The van der Waals surface area contributed by atoms with Crippen LogP contribution in [-0.2, 0) is 17.4 Å². The normalized spacial score (nSPS) is 23.3. The van der Waals surface area contributed by atoms with Crippen LogP contribution in [0.2, 0.25) is 0 Å². The van der Waals surface area contributed by atoms with Gasteiger partial charge in [-0.1, -0.05) is 38.0 Å². The van der Waals surface area contributed by atoms with E-state index in [2.05, 4.69) is 6.92 Å². The molecule has 1 nitrogen and oxygen atoms in total. The molecule has 0 saturated heterocycles. The quantitative estimate of drug-likeness (QED) is 0.761. The molecule has 0 aromatic heterocycles. The fourth-order valence-corrected chi connectivity index (χ4v) is 3.23. The number of Topliss-reactive ketones (excluding diaryl/α,β-unsaturated/α-hetero) is 1. The molecule has 1 aromatic carbocycles. The molecule has 116 valence electrons. The molecule has 0 heterocycles. The first-order chi connectivity index (χ1) is 9.90. The number of hydrogen-bond donors (Lipinski definition) is 0. The van der Waals surface area contributed by atoms with Gasteiger partial charge in [-0.05, 0) is 36.8 Å². The number of benzene rings is 1. The molecular weight excluding hydrogens is 277 g/mol. The average molecular weight is 298 g/mol. The molecule has 1 fully saturated rings. The molecule has 1 saturated carbocycles. The van der Waals surface area contributed by atoms with E-state index < -0.39 is 11.7 Å². The molecule has 1 aromatic rings. The molecule has 0 N–H and O–H groups in total. The first-order valence-electron chi connectivity index (χ1n) is 7.59. The SMILES string of the molecule is CCCC1CCC(=O)C(Cc2cccc(C(F)(F)F)c2)C1. The van der Waals surface area contributed by atoms with Gasteiger partial charge in [0.1, 0.15) is 5.78 Å². The van der Waals surface area contributed by atoms with Crippen LogP contribution in [0, 0.1) is 11.8 Å². The van der Waals surface area contributed by atoms with E-state index in [9.17, 15) is 18.0 Å². The van der Waals surface area contributed by atoms with Crippen LogP contribution in [0.1, 0.15) is 50.2 Å². The summed E-state index contributed by atoms with van der Waals surface area (Å²) in [5.41, 5.74) is -0.0197. The van der Waals surface area contributed by atoms with Gasteiger partial charge < -0.3 is 0 Å². The fourth-order valence-electron chi connectivity index (χ4n) is 3.23. The lowest BCUT2D eigenvalue weighted by Gasteiger charge is -2.28. The van der Waals surface area contributed by atoms with E-state index >= 15 is 0 Å². The lowest BCUT2D eigenvalue weighted by Crippen LogP contribution is -2.26. The van der Waals surface area contributed by atoms with Crippen molar-refractivity contribution in [1.29, 1.82) is 0 Å². The van der Waals surface area contributed by atoms with Crippen molar-refractivity contribution in [3.8, 4) is 0 Å². The van der Waals surface area contributed by atoms with E-state index in [1.54, 1.807) is 6.07 Å². The smallest absolute Gasteiger partial charge is 0.299 e. The van der Waals surface area contributed by atoms with Crippen LogP contribution in [0.5, 0.6) is 0 Å². The van der Waals surface area contributed by atoms with Gasteiger partial charge in [0.05, 0.1) is 5.56 Å². The maximum atomic E-state index is 12.7. The maximum Gasteiger partial charge on any atom is 0.416 e. The van der Waals surface area contributed by atoms with E-state index in [1.165, 1.54) is 12.1 Å². The third-order valence-electron chi connectivity index (χ3n) is 4.31. The second kappa shape index (κ2) is 6.63. The molecule has 1 aliphatic rings. The highest BCUT2D eigenvalue weighted by Crippen LogP contribution is 2.33. The monoisotopic (exact) mass is 298 g/mol. The Morgan fingerprint density at radius 3 is 2.71 bits per heavy atom. The molecule has 2 unspecified atom stereocenters. The van der Waals surface area contributed by atoms with Crippen LogP contribution < -0.4 is 0 Å². The summed E-state index contributed by atoms with van der Waals surface area (Å²) in [6.07, 6.45) is 0.644. The number of alkyl halides is 3. The Hall–Kier alpha value is -1.32. The minimum Gasteiger partial charge on any atom is -0.299 e. The van der Waals surface area contributed by atoms with Crippen LogP contribution in [0.15, 0.2) is 24.3 Å². The number of halogens is 3. The van der Waals surface area contributed by atoms with Crippen molar-refractivity contribution < 1.29 is 18.0 Å². The Bertz CT molecular complexity index is 493. The van der Waals surface area contributed by atoms with Crippen LogP contribution in [0.25, 0.3) is 0 Å². The minimum absolute atomic E-state index is 0.112. The Labute approximate surface area is 123 Å². The summed E-state index contributed by atoms with van der Waals surface area (Å²) >= 11 is 0. The first kappa shape index (κ1) is 16.1. The van der Waals surface area contributed by atoms with Crippen molar-refractivity contribution in [2.24, 2.45) is 11.8 Å². The molecule has 0 amide bonds. The molecule has 2 atom stereocenters. The van der Waals surface area contributed by atoms with Crippen molar-refractivity contribution in [1.82, 2.24) is 0 Å². The first-order valence-corrected chi connectivity index (χ1v) is 7.59. The topological polar surface area (TPSA) is 17.1 Å². The predicted octanol–water partition coefficient (Wildman–Crippen LogP) is 5.03. The molecule has 21 heavy (non-hydrogen) atoms. The van der Waals surface area contributed by atoms with Crippen molar-refractivity contribution in [3.05, 3.63) is 35.4 Å². The van der Waals surface area contributed by atoms with Gasteiger partial charge in [0.15, 0.2) is 0 Å².